The number of likely N-dealkylation sites (tertiary alicyclic amines) is 1. The summed E-state index contributed by atoms with van der Waals surface area (Å²) in [6, 6.07) is 10.9. The molecule has 0 saturated carbocycles. The van der Waals surface area contributed by atoms with Gasteiger partial charge in [-0.25, -0.2) is 0 Å². The number of nitrogens with zero attached hydrogens (tertiary/aromatic N) is 1. The minimum atomic E-state index is 0.642. The number of benzene rings is 1. The Balaban J connectivity index is 1.73. The van der Waals surface area contributed by atoms with Crippen molar-refractivity contribution in [3.8, 4) is 0 Å². The molecule has 1 heterocycles. The highest BCUT2D eigenvalue weighted by Crippen LogP contribution is 2.21. The summed E-state index contributed by atoms with van der Waals surface area (Å²) in [5, 5.41) is 3.56. The minimum absolute atomic E-state index is 0.642. The van der Waals surface area contributed by atoms with E-state index in [0.29, 0.717) is 5.92 Å². The monoisotopic (exact) mass is 260 g/mol. The lowest BCUT2D eigenvalue weighted by Crippen LogP contribution is -2.29. The van der Waals surface area contributed by atoms with Crippen LogP contribution in [0.4, 0.5) is 0 Å². The second-order valence-corrected chi connectivity index (χ2v) is 5.93. The second-order valence-electron chi connectivity index (χ2n) is 5.93. The van der Waals surface area contributed by atoms with E-state index in [1.165, 1.54) is 44.6 Å². The first-order chi connectivity index (χ1) is 9.29. The lowest BCUT2D eigenvalue weighted by Gasteiger charge is -2.21. The SMILES string of the molecule is CCCNCC1CCN(CC(C)c2ccccc2)C1. The molecule has 2 rings (SSSR count). The van der Waals surface area contributed by atoms with E-state index in [1.54, 1.807) is 0 Å². The Bertz CT molecular complexity index is 350. The predicted molar refractivity (Wildman–Crippen MR) is 82.6 cm³/mol. The molecule has 1 aromatic rings. The van der Waals surface area contributed by atoms with Crippen LogP contribution in [0.3, 0.4) is 0 Å². The summed E-state index contributed by atoms with van der Waals surface area (Å²) < 4.78 is 0. The maximum Gasteiger partial charge on any atom is 0.00477 e. The van der Waals surface area contributed by atoms with Gasteiger partial charge in [-0.2, -0.15) is 0 Å². The third kappa shape index (κ3) is 4.63. The van der Waals surface area contributed by atoms with Crippen molar-refractivity contribution in [2.24, 2.45) is 5.92 Å². The highest BCUT2D eigenvalue weighted by atomic mass is 15.1. The molecule has 106 valence electrons. The first kappa shape index (κ1) is 14.5. The highest BCUT2D eigenvalue weighted by molar-refractivity contribution is 5.19. The molecule has 2 nitrogen and oxygen atoms in total. The number of rotatable bonds is 7. The average molecular weight is 260 g/mol. The molecule has 1 aliphatic rings. The van der Waals surface area contributed by atoms with Gasteiger partial charge >= 0.3 is 0 Å². The van der Waals surface area contributed by atoms with Crippen LogP contribution in [0.2, 0.25) is 0 Å². The molecule has 2 unspecified atom stereocenters. The third-order valence-corrected chi connectivity index (χ3v) is 4.13. The van der Waals surface area contributed by atoms with Crippen LogP contribution < -0.4 is 5.32 Å². The Morgan fingerprint density at radius 3 is 2.84 bits per heavy atom. The van der Waals surface area contributed by atoms with Crippen LogP contribution in [-0.4, -0.2) is 37.6 Å². The molecule has 0 spiro atoms. The Labute approximate surface area is 118 Å². The zero-order valence-electron chi connectivity index (χ0n) is 12.4. The summed E-state index contributed by atoms with van der Waals surface area (Å²) in [6.07, 6.45) is 2.60. The normalized spacial score (nSPS) is 21.7. The average Bonchev–Trinajstić information content (AvgIpc) is 2.88. The molecule has 1 aliphatic heterocycles. The zero-order valence-corrected chi connectivity index (χ0v) is 12.4. The largest absolute Gasteiger partial charge is 0.316 e. The van der Waals surface area contributed by atoms with E-state index in [4.69, 9.17) is 0 Å². The van der Waals surface area contributed by atoms with Gasteiger partial charge in [-0.1, -0.05) is 44.2 Å². The van der Waals surface area contributed by atoms with Crippen LogP contribution >= 0.6 is 0 Å². The molecule has 0 radical (unpaired) electrons. The molecule has 1 aromatic carbocycles. The lowest BCUT2D eigenvalue weighted by molar-refractivity contribution is 0.306. The van der Waals surface area contributed by atoms with E-state index >= 15 is 0 Å². The topological polar surface area (TPSA) is 15.3 Å². The lowest BCUT2D eigenvalue weighted by atomic mass is 10.0. The summed E-state index contributed by atoms with van der Waals surface area (Å²) in [5.41, 5.74) is 1.47. The van der Waals surface area contributed by atoms with Crippen LogP contribution in [0, 0.1) is 5.92 Å². The van der Waals surface area contributed by atoms with Gasteiger partial charge in [0.2, 0.25) is 0 Å². The van der Waals surface area contributed by atoms with Gasteiger partial charge in [0.15, 0.2) is 0 Å². The van der Waals surface area contributed by atoms with Crippen molar-refractivity contribution in [1.82, 2.24) is 10.2 Å². The first-order valence-electron chi connectivity index (χ1n) is 7.77. The highest BCUT2D eigenvalue weighted by Gasteiger charge is 2.23. The van der Waals surface area contributed by atoms with Gasteiger partial charge < -0.3 is 10.2 Å². The van der Waals surface area contributed by atoms with E-state index in [2.05, 4.69) is 54.4 Å². The Kier molecular flexibility index (Phi) is 5.87. The van der Waals surface area contributed by atoms with Crippen LogP contribution in [-0.2, 0) is 0 Å². The van der Waals surface area contributed by atoms with Gasteiger partial charge in [0.25, 0.3) is 0 Å². The maximum absolute atomic E-state index is 3.56. The fourth-order valence-corrected chi connectivity index (χ4v) is 3.00. The Morgan fingerprint density at radius 1 is 1.32 bits per heavy atom. The molecule has 0 bridgehead atoms. The van der Waals surface area contributed by atoms with Gasteiger partial charge in [-0.05, 0) is 49.9 Å². The van der Waals surface area contributed by atoms with Crippen molar-refractivity contribution < 1.29 is 0 Å². The fourth-order valence-electron chi connectivity index (χ4n) is 3.00. The molecule has 19 heavy (non-hydrogen) atoms. The Hall–Kier alpha value is -0.860. The molecule has 2 heteroatoms. The van der Waals surface area contributed by atoms with E-state index in [1.807, 2.05) is 0 Å². The predicted octanol–water partition coefficient (Wildman–Crippen LogP) is 3.11. The van der Waals surface area contributed by atoms with Crippen molar-refractivity contribution >= 4 is 0 Å². The first-order valence-corrected chi connectivity index (χ1v) is 7.77. The van der Waals surface area contributed by atoms with E-state index in [9.17, 15) is 0 Å². The molecule has 0 amide bonds. The van der Waals surface area contributed by atoms with Gasteiger partial charge in [0, 0.05) is 13.1 Å². The number of nitrogens with one attached hydrogen (secondary N) is 1. The molecule has 1 fully saturated rings. The molecule has 0 aromatic heterocycles. The third-order valence-electron chi connectivity index (χ3n) is 4.13. The molecular formula is C17H28N2. The van der Waals surface area contributed by atoms with Crippen molar-refractivity contribution in [2.45, 2.75) is 32.6 Å². The maximum atomic E-state index is 3.56. The van der Waals surface area contributed by atoms with E-state index in [-0.39, 0.29) is 0 Å². The van der Waals surface area contributed by atoms with Crippen LogP contribution in [0.15, 0.2) is 30.3 Å². The van der Waals surface area contributed by atoms with Crippen molar-refractivity contribution in [3.63, 3.8) is 0 Å². The molecule has 0 aliphatic carbocycles. The molecule has 2 atom stereocenters. The molecular weight excluding hydrogens is 232 g/mol. The summed E-state index contributed by atoms with van der Waals surface area (Å²) >= 11 is 0. The van der Waals surface area contributed by atoms with Crippen molar-refractivity contribution in [3.05, 3.63) is 35.9 Å². The minimum Gasteiger partial charge on any atom is -0.316 e. The Morgan fingerprint density at radius 2 is 2.11 bits per heavy atom. The fraction of sp³-hybridized carbons (Fsp3) is 0.647. The smallest absolute Gasteiger partial charge is 0.00477 e. The van der Waals surface area contributed by atoms with Gasteiger partial charge in [0.05, 0.1) is 0 Å². The molecule has 1 saturated heterocycles. The van der Waals surface area contributed by atoms with Crippen molar-refractivity contribution in [2.75, 3.05) is 32.7 Å². The van der Waals surface area contributed by atoms with E-state index in [0.717, 1.165) is 12.5 Å². The van der Waals surface area contributed by atoms with Crippen molar-refractivity contribution in [1.29, 1.82) is 0 Å². The second kappa shape index (κ2) is 7.66. The quantitative estimate of drug-likeness (QED) is 0.758. The summed E-state index contributed by atoms with van der Waals surface area (Å²) in [5.74, 6) is 1.50. The molecule has 1 N–H and O–H groups in total. The van der Waals surface area contributed by atoms with Crippen LogP contribution in [0.5, 0.6) is 0 Å². The number of hydrogen-bond acceptors (Lipinski definition) is 2. The van der Waals surface area contributed by atoms with Gasteiger partial charge in [-0.3, -0.25) is 0 Å². The summed E-state index contributed by atoms with van der Waals surface area (Å²) in [4.78, 5) is 2.63. The van der Waals surface area contributed by atoms with Crippen LogP contribution in [0.1, 0.15) is 38.2 Å². The van der Waals surface area contributed by atoms with Gasteiger partial charge in [-0.15, -0.1) is 0 Å². The van der Waals surface area contributed by atoms with Crippen LogP contribution in [0.25, 0.3) is 0 Å². The zero-order chi connectivity index (χ0) is 13.5. The summed E-state index contributed by atoms with van der Waals surface area (Å²) in [7, 11) is 0. The van der Waals surface area contributed by atoms with Gasteiger partial charge in [0.1, 0.15) is 0 Å². The standard InChI is InChI=1S/C17H28N2/c1-3-10-18-12-16-9-11-19(14-16)13-15(2)17-7-5-4-6-8-17/h4-8,15-16,18H,3,9-14H2,1-2H3. The van der Waals surface area contributed by atoms with E-state index < -0.39 is 0 Å². The summed E-state index contributed by atoms with van der Waals surface area (Å²) in [6.45, 7) is 10.7. The number of hydrogen-bond donors (Lipinski definition) is 1.